The van der Waals surface area contributed by atoms with Gasteiger partial charge >= 0.3 is 0 Å². The van der Waals surface area contributed by atoms with Gasteiger partial charge in [-0.2, -0.15) is 0 Å². The summed E-state index contributed by atoms with van der Waals surface area (Å²) in [4.78, 5) is 29.8. The molecule has 2 aromatic carbocycles. The van der Waals surface area contributed by atoms with Gasteiger partial charge in [0.1, 0.15) is 5.75 Å². The van der Waals surface area contributed by atoms with E-state index in [4.69, 9.17) is 16.3 Å². The molecular weight excluding hydrogens is 458 g/mol. The molecule has 1 aromatic heterocycles. The maximum atomic E-state index is 12.9. The Morgan fingerprint density at radius 3 is 2.45 bits per heavy atom. The molecule has 3 aromatic rings. The molecule has 0 spiro atoms. The van der Waals surface area contributed by atoms with Crippen LogP contribution in [0, 0.1) is 0 Å². The van der Waals surface area contributed by atoms with Crippen LogP contribution in [0.15, 0.2) is 60.0 Å². The van der Waals surface area contributed by atoms with Crippen LogP contribution in [0.3, 0.4) is 0 Å². The lowest BCUT2D eigenvalue weighted by molar-refractivity contribution is 0.0746. The van der Waals surface area contributed by atoms with Gasteiger partial charge in [0, 0.05) is 37.4 Å². The Morgan fingerprint density at radius 1 is 1.06 bits per heavy atom. The molecule has 0 radical (unpaired) electrons. The van der Waals surface area contributed by atoms with Crippen molar-refractivity contribution in [1.82, 2.24) is 4.90 Å². The molecule has 33 heavy (non-hydrogen) atoms. The van der Waals surface area contributed by atoms with Gasteiger partial charge in [-0.25, -0.2) is 0 Å². The minimum Gasteiger partial charge on any atom is -0.494 e. The molecule has 8 heteroatoms. The Hall–Kier alpha value is -3.03. The van der Waals surface area contributed by atoms with Crippen molar-refractivity contribution in [2.24, 2.45) is 0 Å². The van der Waals surface area contributed by atoms with Crippen molar-refractivity contribution in [2.75, 3.05) is 43.0 Å². The average Bonchev–Trinajstić information content (AvgIpc) is 3.38. The van der Waals surface area contributed by atoms with E-state index in [0.29, 0.717) is 53.9 Å². The molecule has 2 heterocycles. The molecule has 0 saturated carbocycles. The lowest BCUT2D eigenvalue weighted by Gasteiger charge is -2.36. The molecule has 0 unspecified atom stereocenters. The molecule has 2 amide bonds. The third kappa shape index (κ3) is 5.67. The summed E-state index contributed by atoms with van der Waals surface area (Å²) in [5, 5.41) is 5.32. The number of carbonyl (C=O) groups is 2. The fourth-order valence-corrected chi connectivity index (χ4v) is 4.61. The van der Waals surface area contributed by atoms with Crippen LogP contribution < -0.4 is 15.0 Å². The van der Waals surface area contributed by atoms with Gasteiger partial charge in [-0.05, 0) is 60.3 Å². The van der Waals surface area contributed by atoms with Crippen LogP contribution in [0.1, 0.15) is 33.4 Å². The highest BCUT2D eigenvalue weighted by Crippen LogP contribution is 2.30. The van der Waals surface area contributed by atoms with Crippen molar-refractivity contribution >= 4 is 46.1 Å². The second-order valence-electron chi connectivity index (χ2n) is 7.75. The molecule has 1 N–H and O–H groups in total. The summed E-state index contributed by atoms with van der Waals surface area (Å²) >= 11 is 7.93. The van der Waals surface area contributed by atoms with Gasteiger partial charge in [0.25, 0.3) is 11.8 Å². The molecule has 1 aliphatic rings. The lowest BCUT2D eigenvalue weighted by atomic mass is 10.1. The highest BCUT2D eigenvalue weighted by atomic mass is 35.5. The molecule has 1 saturated heterocycles. The molecule has 1 aliphatic heterocycles. The first-order valence-electron chi connectivity index (χ1n) is 11.0. The Morgan fingerprint density at radius 2 is 1.82 bits per heavy atom. The molecule has 1 fully saturated rings. The van der Waals surface area contributed by atoms with Gasteiger partial charge in [0.15, 0.2) is 0 Å². The van der Waals surface area contributed by atoms with Crippen LogP contribution >= 0.6 is 22.9 Å². The molecular formula is C25H26ClN3O3S. The smallest absolute Gasteiger partial charge is 0.265 e. The third-order valence-electron chi connectivity index (χ3n) is 5.43. The number of nitrogens with zero attached hydrogens (tertiary/aromatic N) is 2. The largest absolute Gasteiger partial charge is 0.494 e. The van der Waals surface area contributed by atoms with Crippen molar-refractivity contribution in [3.63, 3.8) is 0 Å². The average molecular weight is 484 g/mol. The van der Waals surface area contributed by atoms with Crippen molar-refractivity contribution < 1.29 is 14.3 Å². The maximum Gasteiger partial charge on any atom is 0.265 e. The predicted molar refractivity (Wildman–Crippen MR) is 134 cm³/mol. The highest BCUT2D eigenvalue weighted by Gasteiger charge is 2.23. The van der Waals surface area contributed by atoms with Gasteiger partial charge in [-0.3, -0.25) is 9.59 Å². The summed E-state index contributed by atoms with van der Waals surface area (Å²) in [5.74, 6) is 0.656. The van der Waals surface area contributed by atoms with Crippen LogP contribution in [-0.4, -0.2) is 49.5 Å². The first kappa shape index (κ1) is 23.1. The van der Waals surface area contributed by atoms with Crippen molar-refractivity contribution in [2.45, 2.75) is 13.3 Å². The van der Waals surface area contributed by atoms with E-state index in [2.05, 4.69) is 17.1 Å². The Bertz CT molecular complexity index is 1090. The minimum atomic E-state index is -0.147. The third-order valence-corrected chi connectivity index (χ3v) is 6.60. The van der Waals surface area contributed by atoms with Gasteiger partial charge in [0.2, 0.25) is 0 Å². The standard InChI is InChI=1S/C25H26ClN3O3S/c1-2-15-32-20-8-5-18(6-9-20)25(31)29-13-11-28(12-14-29)22-10-7-19(17-21(22)26)27-24(30)23-4-3-16-33-23/h3-10,16-17H,2,11-15H2,1H3,(H,27,30). The zero-order valence-corrected chi connectivity index (χ0v) is 20.0. The number of thiophene rings is 1. The van der Waals surface area contributed by atoms with Crippen LogP contribution in [0.5, 0.6) is 5.75 Å². The summed E-state index contributed by atoms with van der Waals surface area (Å²) in [7, 11) is 0. The van der Waals surface area contributed by atoms with Crippen LogP contribution in [0.4, 0.5) is 11.4 Å². The monoisotopic (exact) mass is 483 g/mol. The molecule has 6 nitrogen and oxygen atoms in total. The van der Waals surface area contributed by atoms with Crippen LogP contribution in [0.25, 0.3) is 0 Å². The van der Waals surface area contributed by atoms with Gasteiger partial charge in [-0.15, -0.1) is 11.3 Å². The van der Waals surface area contributed by atoms with Gasteiger partial charge in [0.05, 0.1) is 22.2 Å². The number of hydrogen-bond acceptors (Lipinski definition) is 5. The van der Waals surface area contributed by atoms with E-state index in [1.807, 2.05) is 52.7 Å². The number of halogens is 1. The number of amides is 2. The molecule has 0 atom stereocenters. The van der Waals surface area contributed by atoms with E-state index in [1.165, 1.54) is 11.3 Å². The van der Waals surface area contributed by atoms with E-state index >= 15 is 0 Å². The summed E-state index contributed by atoms with van der Waals surface area (Å²) in [5.41, 5.74) is 2.22. The van der Waals surface area contributed by atoms with E-state index in [1.54, 1.807) is 12.1 Å². The molecule has 172 valence electrons. The van der Waals surface area contributed by atoms with Crippen LogP contribution in [-0.2, 0) is 0 Å². The molecule has 0 aliphatic carbocycles. The minimum absolute atomic E-state index is 0.0226. The van der Waals surface area contributed by atoms with E-state index in [0.717, 1.165) is 17.9 Å². The quantitative estimate of drug-likeness (QED) is 0.488. The lowest BCUT2D eigenvalue weighted by Crippen LogP contribution is -2.48. The first-order chi connectivity index (χ1) is 16.0. The summed E-state index contributed by atoms with van der Waals surface area (Å²) < 4.78 is 5.59. The normalized spacial score (nSPS) is 13.6. The topological polar surface area (TPSA) is 61.9 Å². The summed E-state index contributed by atoms with van der Waals surface area (Å²) in [6.07, 6.45) is 0.946. The Labute approximate surface area is 202 Å². The Kier molecular flexibility index (Phi) is 7.52. The first-order valence-corrected chi connectivity index (χ1v) is 12.2. The Balaban J connectivity index is 1.33. The number of carbonyl (C=O) groups excluding carboxylic acids is 2. The summed E-state index contributed by atoms with van der Waals surface area (Å²) in [6.45, 7) is 5.32. The van der Waals surface area contributed by atoms with Crippen molar-refractivity contribution in [3.05, 3.63) is 75.4 Å². The number of ether oxygens (including phenoxy) is 1. The van der Waals surface area contributed by atoms with Crippen molar-refractivity contribution in [3.8, 4) is 5.75 Å². The van der Waals surface area contributed by atoms with Gasteiger partial charge in [-0.1, -0.05) is 24.6 Å². The van der Waals surface area contributed by atoms with Gasteiger partial charge < -0.3 is 19.9 Å². The second-order valence-corrected chi connectivity index (χ2v) is 9.10. The maximum absolute atomic E-state index is 12.9. The SMILES string of the molecule is CCCOc1ccc(C(=O)N2CCN(c3ccc(NC(=O)c4cccs4)cc3Cl)CC2)cc1. The number of rotatable bonds is 7. The number of benzene rings is 2. The number of anilines is 2. The fraction of sp³-hybridized carbons (Fsp3) is 0.280. The van der Waals surface area contributed by atoms with Crippen LogP contribution in [0.2, 0.25) is 5.02 Å². The van der Waals surface area contributed by atoms with E-state index in [-0.39, 0.29) is 11.8 Å². The highest BCUT2D eigenvalue weighted by molar-refractivity contribution is 7.12. The number of hydrogen-bond donors (Lipinski definition) is 1. The molecule has 0 bridgehead atoms. The van der Waals surface area contributed by atoms with E-state index < -0.39 is 0 Å². The number of nitrogens with one attached hydrogen (secondary N) is 1. The predicted octanol–water partition coefficient (Wildman–Crippen LogP) is 5.41. The van der Waals surface area contributed by atoms with E-state index in [9.17, 15) is 9.59 Å². The zero-order chi connectivity index (χ0) is 23.2. The number of piperazine rings is 1. The summed E-state index contributed by atoms with van der Waals surface area (Å²) in [6, 6.07) is 16.5. The molecule has 4 rings (SSSR count). The second kappa shape index (κ2) is 10.7. The van der Waals surface area contributed by atoms with Crippen molar-refractivity contribution in [1.29, 1.82) is 0 Å². The zero-order valence-electron chi connectivity index (χ0n) is 18.4. The fourth-order valence-electron chi connectivity index (χ4n) is 3.69.